The maximum atomic E-state index is 12.7. The second-order valence-corrected chi connectivity index (χ2v) is 9.71. The van der Waals surface area contributed by atoms with E-state index in [0.717, 1.165) is 18.8 Å². The maximum Gasteiger partial charge on any atom is 0.344 e. The average Bonchev–Trinajstić information content (AvgIpc) is 2.60. The molecule has 26 heavy (non-hydrogen) atoms. The molecule has 4 bridgehead atoms. The molecule has 4 aliphatic rings. The van der Waals surface area contributed by atoms with Gasteiger partial charge in [-0.2, -0.15) is 0 Å². The van der Waals surface area contributed by atoms with Crippen LogP contribution in [0, 0.1) is 35.0 Å². The molecule has 4 nitrogen and oxygen atoms in total. The Morgan fingerprint density at radius 2 is 1.65 bits per heavy atom. The van der Waals surface area contributed by atoms with E-state index in [1.807, 2.05) is 13.8 Å². The molecule has 0 saturated heterocycles. The van der Waals surface area contributed by atoms with Gasteiger partial charge in [0.05, 0.1) is 5.92 Å². The van der Waals surface area contributed by atoms with Crippen LogP contribution in [0.1, 0.15) is 79.6 Å². The second kappa shape index (κ2) is 7.16. The fourth-order valence-electron chi connectivity index (χ4n) is 6.45. The smallest absolute Gasteiger partial charge is 0.344 e. The molecule has 4 saturated carbocycles. The van der Waals surface area contributed by atoms with Gasteiger partial charge in [-0.05, 0) is 62.2 Å². The zero-order valence-electron chi connectivity index (χ0n) is 17.2. The van der Waals surface area contributed by atoms with Gasteiger partial charge in [0.25, 0.3) is 0 Å². The van der Waals surface area contributed by atoms with Gasteiger partial charge in [-0.1, -0.05) is 34.6 Å². The number of hydrogen-bond acceptors (Lipinski definition) is 4. The summed E-state index contributed by atoms with van der Waals surface area (Å²) in [6.07, 6.45) is 7.79. The summed E-state index contributed by atoms with van der Waals surface area (Å²) in [7, 11) is 0. The predicted molar refractivity (Wildman–Crippen MR) is 100 cm³/mol. The van der Waals surface area contributed by atoms with Crippen molar-refractivity contribution in [3.05, 3.63) is 0 Å². The molecule has 0 aromatic carbocycles. The molecule has 4 aliphatic carbocycles. The number of rotatable bonds is 7. The molecular weight excluding hydrogens is 328 g/mol. The summed E-state index contributed by atoms with van der Waals surface area (Å²) in [5.41, 5.74) is 0.0773. The van der Waals surface area contributed by atoms with Gasteiger partial charge >= 0.3 is 11.9 Å². The van der Waals surface area contributed by atoms with Crippen molar-refractivity contribution in [2.75, 3.05) is 6.61 Å². The van der Waals surface area contributed by atoms with Crippen molar-refractivity contribution in [3.63, 3.8) is 0 Å². The summed E-state index contributed by atoms with van der Waals surface area (Å²) in [5.74, 6) is 1.23. The molecule has 0 spiro atoms. The third kappa shape index (κ3) is 3.29. The first-order valence-electron chi connectivity index (χ1n) is 10.6. The summed E-state index contributed by atoms with van der Waals surface area (Å²) in [5, 5.41) is 0. The van der Waals surface area contributed by atoms with E-state index in [-0.39, 0.29) is 30.1 Å². The Morgan fingerprint density at radius 3 is 2.15 bits per heavy atom. The summed E-state index contributed by atoms with van der Waals surface area (Å²) < 4.78 is 11.5. The fraction of sp³-hybridized carbons (Fsp3) is 0.909. The summed E-state index contributed by atoms with van der Waals surface area (Å²) in [6, 6.07) is 0. The van der Waals surface area contributed by atoms with E-state index in [4.69, 9.17) is 9.47 Å². The van der Waals surface area contributed by atoms with E-state index in [9.17, 15) is 9.59 Å². The Labute approximate surface area is 158 Å². The molecule has 4 rings (SSSR count). The second-order valence-electron chi connectivity index (χ2n) is 9.71. The topological polar surface area (TPSA) is 52.6 Å². The van der Waals surface area contributed by atoms with E-state index in [1.54, 1.807) is 0 Å². The number of esters is 2. The van der Waals surface area contributed by atoms with Gasteiger partial charge in [0, 0.05) is 11.8 Å². The highest BCUT2D eigenvalue weighted by atomic mass is 16.6. The maximum absolute atomic E-state index is 12.7. The lowest BCUT2D eigenvalue weighted by Gasteiger charge is -2.65. The van der Waals surface area contributed by atoms with Crippen LogP contribution in [0.15, 0.2) is 0 Å². The SMILES string of the molecule is CCC(C)C(=O)OCC(=O)OC1(C(C)CC)C2CC3CC1CC(C)(C3)C2. The molecule has 4 atom stereocenters. The number of hydrogen-bond donors (Lipinski definition) is 0. The lowest BCUT2D eigenvalue weighted by molar-refractivity contribution is -0.242. The number of ether oxygens (including phenoxy) is 2. The van der Waals surface area contributed by atoms with Crippen molar-refractivity contribution in [1.82, 2.24) is 0 Å². The van der Waals surface area contributed by atoms with Crippen LogP contribution in [-0.2, 0) is 19.1 Å². The molecule has 0 heterocycles. The van der Waals surface area contributed by atoms with E-state index in [1.165, 1.54) is 32.1 Å². The molecule has 0 amide bonds. The van der Waals surface area contributed by atoms with Crippen molar-refractivity contribution in [2.45, 2.75) is 85.2 Å². The van der Waals surface area contributed by atoms with E-state index in [0.29, 0.717) is 23.2 Å². The summed E-state index contributed by atoms with van der Waals surface area (Å²) >= 11 is 0. The molecule has 0 aromatic rings. The first-order valence-corrected chi connectivity index (χ1v) is 10.6. The molecule has 0 N–H and O–H groups in total. The van der Waals surface area contributed by atoms with Gasteiger partial charge in [0.2, 0.25) is 0 Å². The Hall–Kier alpha value is -1.06. The Balaban J connectivity index is 1.73. The van der Waals surface area contributed by atoms with Crippen molar-refractivity contribution in [3.8, 4) is 0 Å². The van der Waals surface area contributed by atoms with Crippen LogP contribution in [0.2, 0.25) is 0 Å². The average molecular weight is 365 g/mol. The highest BCUT2D eigenvalue weighted by Gasteiger charge is 2.64. The van der Waals surface area contributed by atoms with Crippen LogP contribution in [0.3, 0.4) is 0 Å². The predicted octanol–water partition coefficient (Wildman–Crippen LogP) is 4.75. The highest BCUT2D eigenvalue weighted by Crippen LogP contribution is 2.66. The Bertz CT molecular complexity index is 538. The Morgan fingerprint density at radius 1 is 1.04 bits per heavy atom. The van der Waals surface area contributed by atoms with Gasteiger partial charge in [0.15, 0.2) is 6.61 Å². The quantitative estimate of drug-likeness (QED) is 0.612. The number of carbonyl (C=O) groups excluding carboxylic acids is 2. The van der Waals surface area contributed by atoms with Crippen LogP contribution in [0.5, 0.6) is 0 Å². The van der Waals surface area contributed by atoms with Crippen molar-refractivity contribution < 1.29 is 19.1 Å². The molecule has 148 valence electrons. The van der Waals surface area contributed by atoms with Gasteiger partial charge in [-0.25, -0.2) is 4.79 Å². The molecular formula is C22H36O4. The van der Waals surface area contributed by atoms with E-state index < -0.39 is 0 Å². The largest absolute Gasteiger partial charge is 0.456 e. The molecule has 4 unspecified atom stereocenters. The zero-order valence-corrected chi connectivity index (χ0v) is 17.2. The van der Waals surface area contributed by atoms with Gasteiger partial charge in [0.1, 0.15) is 5.60 Å². The minimum Gasteiger partial charge on any atom is -0.456 e. The minimum atomic E-state index is -0.362. The molecule has 4 heteroatoms. The van der Waals surface area contributed by atoms with Crippen molar-refractivity contribution in [1.29, 1.82) is 0 Å². The van der Waals surface area contributed by atoms with Crippen LogP contribution < -0.4 is 0 Å². The van der Waals surface area contributed by atoms with Gasteiger partial charge < -0.3 is 9.47 Å². The summed E-state index contributed by atoms with van der Waals surface area (Å²) in [6.45, 7) is 10.4. The van der Waals surface area contributed by atoms with Crippen molar-refractivity contribution in [2.24, 2.45) is 35.0 Å². The first kappa shape index (κ1) is 19.7. The zero-order chi connectivity index (χ0) is 19.1. The van der Waals surface area contributed by atoms with E-state index in [2.05, 4.69) is 20.8 Å². The lowest BCUT2D eigenvalue weighted by Crippen LogP contribution is -2.65. The lowest BCUT2D eigenvalue weighted by atomic mass is 9.43. The van der Waals surface area contributed by atoms with Crippen LogP contribution in [-0.4, -0.2) is 24.1 Å². The summed E-state index contributed by atoms with van der Waals surface area (Å²) in [4.78, 5) is 24.6. The molecule has 0 aliphatic heterocycles. The Kier molecular flexibility index (Phi) is 5.43. The third-order valence-electron chi connectivity index (χ3n) is 7.79. The molecule has 0 radical (unpaired) electrons. The van der Waals surface area contributed by atoms with Crippen molar-refractivity contribution >= 4 is 11.9 Å². The van der Waals surface area contributed by atoms with Gasteiger partial charge in [-0.3, -0.25) is 4.79 Å². The normalized spacial score (nSPS) is 40.1. The van der Waals surface area contributed by atoms with Crippen LogP contribution >= 0.6 is 0 Å². The van der Waals surface area contributed by atoms with Crippen LogP contribution in [0.4, 0.5) is 0 Å². The monoisotopic (exact) mass is 364 g/mol. The molecule has 0 aromatic heterocycles. The fourth-order valence-corrected chi connectivity index (χ4v) is 6.45. The standard InChI is InChI=1S/C22H36O4/c1-6-14(3)20(24)25-13-19(23)26-22(15(4)7-2)17-8-16-9-18(22)12-21(5,10-16)11-17/h14-18H,6-13H2,1-5H3. The van der Waals surface area contributed by atoms with E-state index >= 15 is 0 Å². The minimum absolute atomic E-state index is 0.174. The first-order chi connectivity index (χ1) is 12.2. The number of carbonyl (C=O) groups is 2. The third-order valence-corrected chi connectivity index (χ3v) is 7.79. The van der Waals surface area contributed by atoms with Gasteiger partial charge in [-0.15, -0.1) is 0 Å². The van der Waals surface area contributed by atoms with Crippen LogP contribution in [0.25, 0.3) is 0 Å². The highest BCUT2D eigenvalue weighted by molar-refractivity contribution is 5.77. The molecule has 4 fully saturated rings.